The minimum Gasteiger partial charge on any atom is -0.309 e. The largest absolute Gasteiger partial charge is 0.309 e. The Balaban J connectivity index is 1.88. The molecule has 106 valence electrons. The van der Waals surface area contributed by atoms with Crippen LogP contribution in [0.2, 0.25) is 10.0 Å². The van der Waals surface area contributed by atoms with Crippen LogP contribution in [0, 0.1) is 5.92 Å². The van der Waals surface area contributed by atoms with Gasteiger partial charge >= 0.3 is 0 Å². The molecule has 1 N–H and O–H groups in total. The van der Waals surface area contributed by atoms with Gasteiger partial charge in [-0.1, -0.05) is 30.1 Å². The SMILES string of the molecule is CCNC(c1ccc(-c2cc(Cl)cc(Cl)c2)s1)C1CC1. The van der Waals surface area contributed by atoms with E-state index in [9.17, 15) is 0 Å². The molecule has 1 aliphatic rings. The van der Waals surface area contributed by atoms with E-state index in [0.717, 1.165) is 18.0 Å². The van der Waals surface area contributed by atoms with Gasteiger partial charge in [0.05, 0.1) is 0 Å². The summed E-state index contributed by atoms with van der Waals surface area (Å²) in [5.41, 5.74) is 1.10. The van der Waals surface area contributed by atoms with Gasteiger partial charge in [0.15, 0.2) is 0 Å². The fourth-order valence-corrected chi connectivity index (χ4v) is 4.21. The van der Waals surface area contributed by atoms with Crippen LogP contribution in [0.3, 0.4) is 0 Å². The highest BCUT2D eigenvalue weighted by atomic mass is 35.5. The Labute approximate surface area is 133 Å². The first-order valence-electron chi connectivity index (χ1n) is 6.97. The van der Waals surface area contributed by atoms with Crippen molar-refractivity contribution in [3.8, 4) is 10.4 Å². The fourth-order valence-electron chi connectivity index (χ4n) is 2.52. The van der Waals surface area contributed by atoms with Gasteiger partial charge in [-0.15, -0.1) is 11.3 Å². The van der Waals surface area contributed by atoms with Crippen LogP contribution in [-0.4, -0.2) is 6.54 Å². The molecule has 1 aromatic heterocycles. The number of hydrogen-bond donors (Lipinski definition) is 1. The molecule has 0 spiro atoms. The highest BCUT2D eigenvalue weighted by Crippen LogP contribution is 2.44. The molecule has 0 amide bonds. The molecule has 3 rings (SSSR count). The molecule has 1 atom stereocenters. The van der Waals surface area contributed by atoms with E-state index < -0.39 is 0 Å². The summed E-state index contributed by atoms with van der Waals surface area (Å²) in [6.07, 6.45) is 2.68. The van der Waals surface area contributed by atoms with Crippen LogP contribution in [0.25, 0.3) is 10.4 Å². The lowest BCUT2D eigenvalue weighted by Gasteiger charge is -2.15. The molecule has 2 aromatic rings. The number of hydrogen-bond acceptors (Lipinski definition) is 2. The maximum absolute atomic E-state index is 6.09. The highest BCUT2D eigenvalue weighted by molar-refractivity contribution is 7.15. The van der Waals surface area contributed by atoms with E-state index in [0.29, 0.717) is 16.1 Å². The van der Waals surface area contributed by atoms with E-state index in [1.807, 2.05) is 23.5 Å². The lowest BCUT2D eigenvalue weighted by molar-refractivity contribution is 0.504. The maximum Gasteiger partial charge on any atom is 0.0443 e. The molecule has 0 aliphatic heterocycles. The van der Waals surface area contributed by atoms with Crippen molar-refractivity contribution in [3.05, 3.63) is 45.3 Å². The molecule has 4 heteroatoms. The molecular formula is C16H17Cl2NS. The van der Waals surface area contributed by atoms with E-state index in [2.05, 4.69) is 24.4 Å². The number of rotatable bonds is 5. The monoisotopic (exact) mass is 325 g/mol. The molecule has 20 heavy (non-hydrogen) atoms. The normalized spacial score (nSPS) is 16.4. The van der Waals surface area contributed by atoms with Gasteiger partial charge in [0.25, 0.3) is 0 Å². The van der Waals surface area contributed by atoms with Crippen molar-refractivity contribution in [3.63, 3.8) is 0 Å². The lowest BCUT2D eigenvalue weighted by Crippen LogP contribution is -2.21. The van der Waals surface area contributed by atoms with Crippen LogP contribution in [0.5, 0.6) is 0 Å². The first-order chi connectivity index (χ1) is 9.67. The zero-order valence-electron chi connectivity index (χ0n) is 11.3. The summed E-state index contributed by atoms with van der Waals surface area (Å²) in [5, 5.41) is 4.98. The van der Waals surface area contributed by atoms with Crippen molar-refractivity contribution >= 4 is 34.5 Å². The van der Waals surface area contributed by atoms with E-state index in [1.54, 1.807) is 6.07 Å². The third-order valence-electron chi connectivity index (χ3n) is 3.60. The molecule has 1 unspecified atom stereocenters. The summed E-state index contributed by atoms with van der Waals surface area (Å²) >= 11 is 14.0. The maximum atomic E-state index is 6.09. The van der Waals surface area contributed by atoms with Crippen molar-refractivity contribution in [2.45, 2.75) is 25.8 Å². The second-order valence-corrected chi connectivity index (χ2v) is 7.22. The van der Waals surface area contributed by atoms with E-state index in [4.69, 9.17) is 23.2 Å². The molecule has 1 aromatic carbocycles. The summed E-state index contributed by atoms with van der Waals surface area (Å²) in [5.74, 6) is 0.810. The van der Waals surface area contributed by atoms with Gasteiger partial charge in [0, 0.05) is 25.8 Å². The summed E-state index contributed by atoms with van der Waals surface area (Å²) in [6, 6.07) is 10.6. The Morgan fingerprint density at radius 1 is 1.20 bits per heavy atom. The van der Waals surface area contributed by atoms with E-state index in [-0.39, 0.29) is 0 Å². The van der Waals surface area contributed by atoms with Crippen LogP contribution in [0.15, 0.2) is 30.3 Å². The summed E-state index contributed by atoms with van der Waals surface area (Å²) < 4.78 is 0. The molecule has 1 nitrogen and oxygen atoms in total. The Kier molecular flexibility index (Phi) is 4.37. The topological polar surface area (TPSA) is 12.0 Å². The molecular weight excluding hydrogens is 309 g/mol. The Bertz CT molecular complexity index is 584. The standard InChI is InChI=1S/C16H17Cl2NS/c1-2-19-16(10-3-4-10)15-6-5-14(20-15)11-7-12(17)9-13(18)8-11/h5-10,16,19H,2-4H2,1H3. The molecule has 1 fully saturated rings. The predicted octanol–water partition coefficient (Wildman–Crippen LogP) is 5.78. The lowest BCUT2D eigenvalue weighted by atomic mass is 10.1. The molecule has 0 saturated heterocycles. The van der Waals surface area contributed by atoms with Crippen LogP contribution < -0.4 is 5.32 Å². The Hall–Kier alpha value is -0.540. The van der Waals surface area contributed by atoms with Gasteiger partial charge in [-0.3, -0.25) is 0 Å². The minimum atomic E-state index is 0.508. The van der Waals surface area contributed by atoms with Crippen molar-refractivity contribution in [2.24, 2.45) is 5.92 Å². The van der Waals surface area contributed by atoms with Gasteiger partial charge in [-0.2, -0.15) is 0 Å². The van der Waals surface area contributed by atoms with Crippen molar-refractivity contribution in [1.29, 1.82) is 0 Å². The third kappa shape index (κ3) is 3.20. The van der Waals surface area contributed by atoms with Crippen LogP contribution in [-0.2, 0) is 0 Å². The smallest absolute Gasteiger partial charge is 0.0443 e. The molecule has 1 saturated carbocycles. The first-order valence-corrected chi connectivity index (χ1v) is 8.54. The van der Waals surface area contributed by atoms with Crippen molar-refractivity contribution < 1.29 is 0 Å². The zero-order chi connectivity index (χ0) is 14.1. The second kappa shape index (κ2) is 6.07. The minimum absolute atomic E-state index is 0.508. The van der Waals surface area contributed by atoms with Crippen molar-refractivity contribution in [1.82, 2.24) is 5.32 Å². The zero-order valence-corrected chi connectivity index (χ0v) is 13.7. The van der Waals surface area contributed by atoms with Crippen LogP contribution >= 0.6 is 34.5 Å². The van der Waals surface area contributed by atoms with Gasteiger partial charge in [-0.05, 0) is 61.2 Å². The first kappa shape index (κ1) is 14.4. The van der Waals surface area contributed by atoms with Crippen molar-refractivity contribution in [2.75, 3.05) is 6.54 Å². The second-order valence-electron chi connectivity index (χ2n) is 5.23. The fraction of sp³-hybridized carbons (Fsp3) is 0.375. The number of halogens is 2. The number of thiophene rings is 1. The third-order valence-corrected chi connectivity index (χ3v) is 5.25. The van der Waals surface area contributed by atoms with E-state index in [1.165, 1.54) is 22.6 Å². The average molecular weight is 326 g/mol. The summed E-state index contributed by atoms with van der Waals surface area (Å²) in [6.45, 7) is 3.18. The summed E-state index contributed by atoms with van der Waals surface area (Å²) in [7, 11) is 0. The number of nitrogens with one attached hydrogen (secondary N) is 1. The van der Waals surface area contributed by atoms with Crippen LogP contribution in [0.4, 0.5) is 0 Å². The van der Waals surface area contributed by atoms with Gasteiger partial charge in [0.2, 0.25) is 0 Å². The number of benzene rings is 1. The molecule has 1 heterocycles. The van der Waals surface area contributed by atoms with Gasteiger partial charge in [-0.25, -0.2) is 0 Å². The Morgan fingerprint density at radius 3 is 2.50 bits per heavy atom. The predicted molar refractivity (Wildman–Crippen MR) is 88.9 cm³/mol. The van der Waals surface area contributed by atoms with Crippen LogP contribution in [0.1, 0.15) is 30.7 Å². The highest BCUT2D eigenvalue weighted by Gasteiger charge is 2.32. The Morgan fingerprint density at radius 2 is 1.90 bits per heavy atom. The van der Waals surface area contributed by atoms with Gasteiger partial charge in [0.1, 0.15) is 0 Å². The molecule has 1 aliphatic carbocycles. The summed E-state index contributed by atoms with van der Waals surface area (Å²) in [4.78, 5) is 2.65. The van der Waals surface area contributed by atoms with E-state index >= 15 is 0 Å². The average Bonchev–Trinajstić information content (AvgIpc) is 3.11. The quantitative estimate of drug-likeness (QED) is 0.734. The molecule has 0 radical (unpaired) electrons. The molecule has 0 bridgehead atoms. The van der Waals surface area contributed by atoms with Gasteiger partial charge < -0.3 is 5.32 Å².